The molecular formula is C14H20N6. The van der Waals surface area contributed by atoms with Crippen LogP contribution >= 0.6 is 0 Å². The number of piperidine rings is 1. The van der Waals surface area contributed by atoms with E-state index in [1.807, 2.05) is 17.2 Å². The first-order valence-corrected chi connectivity index (χ1v) is 7.48. The second-order valence-electron chi connectivity index (χ2n) is 5.89. The van der Waals surface area contributed by atoms with E-state index in [-0.39, 0.29) is 0 Å². The van der Waals surface area contributed by atoms with Gasteiger partial charge in [-0.2, -0.15) is 5.10 Å². The molecular weight excluding hydrogens is 252 g/mol. The summed E-state index contributed by atoms with van der Waals surface area (Å²) in [7, 11) is 0. The summed E-state index contributed by atoms with van der Waals surface area (Å²) in [5.74, 6) is 1.21. The van der Waals surface area contributed by atoms with Gasteiger partial charge in [-0.1, -0.05) is 0 Å². The Morgan fingerprint density at radius 3 is 2.95 bits per heavy atom. The molecule has 0 spiro atoms. The van der Waals surface area contributed by atoms with Crippen LogP contribution in [0.2, 0.25) is 0 Å². The van der Waals surface area contributed by atoms with Crippen LogP contribution in [0.5, 0.6) is 0 Å². The van der Waals surface area contributed by atoms with E-state index in [4.69, 9.17) is 0 Å². The smallest absolute Gasteiger partial charge is 0.137 e. The van der Waals surface area contributed by atoms with E-state index < -0.39 is 0 Å². The van der Waals surface area contributed by atoms with Gasteiger partial charge in [0.15, 0.2) is 0 Å². The second-order valence-corrected chi connectivity index (χ2v) is 5.89. The summed E-state index contributed by atoms with van der Waals surface area (Å²) < 4.78 is 4.36. The molecule has 2 aromatic rings. The lowest BCUT2D eigenvalue weighted by atomic mass is 10.1. The quantitative estimate of drug-likeness (QED) is 0.849. The zero-order valence-corrected chi connectivity index (χ0v) is 11.6. The lowest BCUT2D eigenvalue weighted by Crippen LogP contribution is -2.37. The van der Waals surface area contributed by atoms with Crippen molar-refractivity contribution in [3.05, 3.63) is 30.9 Å². The Kier molecular flexibility index (Phi) is 3.03. The average Bonchev–Trinajstić information content (AvgIpc) is 3.00. The van der Waals surface area contributed by atoms with Gasteiger partial charge in [-0.15, -0.1) is 0 Å². The van der Waals surface area contributed by atoms with Gasteiger partial charge in [0, 0.05) is 25.0 Å². The molecule has 2 aliphatic rings. The maximum absolute atomic E-state index is 4.55. The molecule has 6 nitrogen and oxygen atoms in total. The highest BCUT2D eigenvalue weighted by Gasteiger charge is 2.27. The summed E-state index contributed by atoms with van der Waals surface area (Å²) in [4.78, 5) is 11.1. The fraction of sp³-hybridized carbons (Fsp3) is 0.643. The summed E-state index contributed by atoms with van der Waals surface area (Å²) in [5.41, 5.74) is 0. The first-order valence-electron chi connectivity index (χ1n) is 7.48. The Bertz CT molecular complexity index is 556. The van der Waals surface area contributed by atoms with E-state index in [9.17, 15) is 0 Å². The molecule has 1 atom stereocenters. The third kappa shape index (κ3) is 2.35. The van der Waals surface area contributed by atoms with Gasteiger partial charge in [0.2, 0.25) is 0 Å². The Hall–Kier alpha value is -1.69. The molecule has 0 amide bonds. The average molecular weight is 272 g/mol. The largest absolute Gasteiger partial charge is 0.331 e. The zero-order chi connectivity index (χ0) is 13.4. The van der Waals surface area contributed by atoms with Crippen molar-refractivity contribution in [2.24, 2.45) is 0 Å². The third-order valence-electron chi connectivity index (χ3n) is 4.35. The normalized spacial score (nSPS) is 24.1. The molecule has 4 rings (SSSR count). The van der Waals surface area contributed by atoms with Crippen LogP contribution < -0.4 is 0 Å². The fourth-order valence-corrected chi connectivity index (χ4v) is 3.15. The van der Waals surface area contributed by atoms with Crippen molar-refractivity contribution in [3.63, 3.8) is 0 Å². The van der Waals surface area contributed by atoms with Crippen LogP contribution in [-0.4, -0.2) is 42.3 Å². The summed E-state index contributed by atoms with van der Waals surface area (Å²) in [6.07, 6.45) is 12.6. The van der Waals surface area contributed by atoms with E-state index in [2.05, 4.69) is 30.7 Å². The predicted molar refractivity (Wildman–Crippen MR) is 74.1 cm³/mol. The predicted octanol–water partition coefficient (Wildman–Crippen LogP) is 1.65. The van der Waals surface area contributed by atoms with Crippen LogP contribution in [0, 0.1) is 0 Å². The molecule has 6 heteroatoms. The molecule has 1 saturated heterocycles. The van der Waals surface area contributed by atoms with Crippen molar-refractivity contribution < 1.29 is 0 Å². The van der Waals surface area contributed by atoms with Gasteiger partial charge in [0.1, 0.15) is 18.5 Å². The molecule has 1 saturated carbocycles. The van der Waals surface area contributed by atoms with Crippen LogP contribution in [0.1, 0.15) is 43.6 Å². The minimum Gasteiger partial charge on any atom is -0.331 e. The molecule has 20 heavy (non-hydrogen) atoms. The van der Waals surface area contributed by atoms with Crippen molar-refractivity contribution in [1.29, 1.82) is 0 Å². The number of nitrogens with zero attached hydrogens (tertiary/aromatic N) is 6. The second kappa shape index (κ2) is 5.01. The molecule has 1 aliphatic heterocycles. The highest BCUT2D eigenvalue weighted by atomic mass is 15.4. The van der Waals surface area contributed by atoms with E-state index in [0.29, 0.717) is 12.1 Å². The molecule has 0 bridgehead atoms. The van der Waals surface area contributed by atoms with Gasteiger partial charge in [-0.25, -0.2) is 14.6 Å². The fourth-order valence-electron chi connectivity index (χ4n) is 3.15. The van der Waals surface area contributed by atoms with Crippen LogP contribution in [-0.2, 0) is 6.54 Å². The van der Waals surface area contributed by atoms with Gasteiger partial charge in [-0.3, -0.25) is 4.90 Å². The van der Waals surface area contributed by atoms with Gasteiger partial charge in [-0.05, 0) is 32.2 Å². The molecule has 0 N–H and O–H groups in total. The molecule has 0 radical (unpaired) electrons. The minimum absolute atomic E-state index is 0.454. The van der Waals surface area contributed by atoms with Crippen molar-refractivity contribution >= 4 is 0 Å². The number of likely N-dealkylation sites (tertiary alicyclic amines) is 1. The van der Waals surface area contributed by atoms with Crippen LogP contribution in [0.25, 0.3) is 0 Å². The van der Waals surface area contributed by atoms with E-state index in [1.54, 1.807) is 6.33 Å². The topological polar surface area (TPSA) is 51.8 Å². The van der Waals surface area contributed by atoms with Crippen LogP contribution in [0.15, 0.2) is 25.0 Å². The van der Waals surface area contributed by atoms with Gasteiger partial charge in [0.05, 0.1) is 12.6 Å². The standard InChI is InChI=1S/C14H20N6/c1-2-13(20-11-15-10-17-20)8-18(6-1)9-14-16-5-7-19(14)12-3-4-12/h5,7,10-13H,1-4,6,8-9H2. The van der Waals surface area contributed by atoms with Gasteiger partial charge < -0.3 is 4.57 Å². The van der Waals surface area contributed by atoms with E-state index in [0.717, 1.165) is 19.6 Å². The summed E-state index contributed by atoms with van der Waals surface area (Å²) in [6, 6.07) is 1.17. The molecule has 1 aliphatic carbocycles. The Balaban J connectivity index is 1.44. The minimum atomic E-state index is 0.454. The Labute approximate surface area is 118 Å². The van der Waals surface area contributed by atoms with E-state index >= 15 is 0 Å². The van der Waals surface area contributed by atoms with Crippen molar-refractivity contribution in [2.45, 2.75) is 44.3 Å². The van der Waals surface area contributed by atoms with Gasteiger partial charge in [0.25, 0.3) is 0 Å². The molecule has 0 aromatic carbocycles. The maximum atomic E-state index is 4.55. The van der Waals surface area contributed by atoms with E-state index in [1.165, 1.54) is 31.5 Å². The highest BCUT2D eigenvalue weighted by molar-refractivity contribution is 4.99. The SMILES string of the molecule is c1cn(C2CC2)c(CN2CCCC(n3cncn3)C2)n1. The van der Waals surface area contributed by atoms with Crippen molar-refractivity contribution in [2.75, 3.05) is 13.1 Å². The number of rotatable bonds is 4. The number of imidazole rings is 1. The zero-order valence-electron chi connectivity index (χ0n) is 11.6. The maximum Gasteiger partial charge on any atom is 0.137 e. The lowest BCUT2D eigenvalue weighted by Gasteiger charge is -2.32. The summed E-state index contributed by atoms with van der Waals surface area (Å²) >= 11 is 0. The monoisotopic (exact) mass is 272 g/mol. The molecule has 2 aromatic heterocycles. The first kappa shape index (κ1) is 12.1. The lowest BCUT2D eigenvalue weighted by molar-refractivity contribution is 0.158. The summed E-state index contributed by atoms with van der Waals surface area (Å²) in [6.45, 7) is 3.15. The number of aromatic nitrogens is 5. The van der Waals surface area contributed by atoms with Crippen molar-refractivity contribution in [3.8, 4) is 0 Å². The van der Waals surface area contributed by atoms with Crippen molar-refractivity contribution in [1.82, 2.24) is 29.2 Å². The Morgan fingerprint density at radius 1 is 1.20 bits per heavy atom. The summed E-state index contributed by atoms with van der Waals surface area (Å²) in [5, 5.41) is 4.29. The van der Waals surface area contributed by atoms with Gasteiger partial charge >= 0.3 is 0 Å². The molecule has 2 fully saturated rings. The van der Waals surface area contributed by atoms with Crippen LogP contribution in [0.4, 0.5) is 0 Å². The first-order chi connectivity index (χ1) is 9.90. The number of hydrogen-bond acceptors (Lipinski definition) is 4. The molecule has 106 valence electrons. The number of hydrogen-bond donors (Lipinski definition) is 0. The molecule has 1 unspecified atom stereocenters. The third-order valence-corrected chi connectivity index (χ3v) is 4.35. The molecule has 3 heterocycles. The van der Waals surface area contributed by atoms with Crippen LogP contribution in [0.3, 0.4) is 0 Å². The highest BCUT2D eigenvalue weighted by Crippen LogP contribution is 2.35. The Morgan fingerprint density at radius 2 is 2.15 bits per heavy atom.